The van der Waals surface area contributed by atoms with Crippen molar-refractivity contribution in [2.24, 2.45) is 0 Å². The van der Waals surface area contributed by atoms with Crippen LogP contribution < -0.4 is 0 Å². The lowest BCUT2D eigenvalue weighted by molar-refractivity contribution is 0.448. The molecule has 78 valence electrons. The number of rotatable bonds is 1. The second-order valence-corrected chi connectivity index (χ2v) is 3.50. The van der Waals surface area contributed by atoms with Crippen LogP contribution in [0.3, 0.4) is 0 Å². The number of hydrogen-bond acceptors (Lipinski definition) is 3. The van der Waals surface area contributed by atoms with Crippen LogP contribution in [0.4, 0.5) is 0 Å². The number of hydrogen-bond donors (Lipinski definition) is 1. The van der Waals surface area contributed by atoms with E-state index in [9.17, 15) is 5.11 Å². The zero-order chi connectivity index (χ0) is 11.0. The summed E-state index contributed by atoms with van der Waals surface area (Å²) in [5.74, 6) is 0.595. The maximum Gasteiger partial charge on any atom is 0.236 e. The number of aromatic nitrogens is 3. The van der Waals surface area contributed by atoms with E-state index in [4.69, 9.17) is 0 Å². The van der Waals surface area contributed by atoms with Gasteiger partial charge in [-0.05, 0) is 5.56 Å². The molecule has 2 heterocycles. The topological polar surface area (TPSA) is 50.4 Å². The van der Waals surface area contributed by atoms with Crippen LogP contribution in [0.1, 0.15) is 0 Å². The van der Waals surface area contributed by atoms with Crippen molar-refractivity contribution in [2.45, 2.75) is 0 Å². The third-order valence-corrected chi connectivity index (χ3v) is 2.45. The number of aromatic hydroxyl groups is 1. The van der Waals surface area contributed by atoms with Gasteiger partial charge in [0.1, 0.15) is 0 Å². The Hall–Kier alpha value is -2.36. The summed E-state index contributed by atoms with van der Waals surface area (Å²) in [4.78, 5) is 8.13. The number of imidazole rings is 1. The van der Waals surface area contributed by atoms with Crippen LogP contribution in [0, 0.1) is 0 Å². The molecule has 0 amide bonds. The Morgan fingerprint density at radius 1 is 0.938 bits per heavy atom. The second kappa shape index (κ2) is 3.34. The summed E-state index contributed by atoms with van der Waals surface area (Å²) >= 11 is 0. The van der Waals surface area contributed by atoms with Crippen molar-refractivity contribution in [3.8, 4) is 17.0 Å². The molecule has 0 aliphatic rings. The van der Waals surface area contributed by atoms with Gasteiger partial charge in [0, 0.05) is 18.0 Å². The van der Waals surface area contributed by atoms with Crippen LogP contribution in [0.25, 0.3) is 16.9 Å². The van der Waals surface area contributed by atoms with E-state index in [1.807, 2.05) is 36.5 Å². The number of nitrogens with zero attached hydrogens (tertiary/aromatic N) is 3. The van der Waals surface area contributed by atoms with Crippen molar-refractivity contribution >= 4 is 5.78 Å². The Morgan fingerprint density at radius 3 is 2.50 bits per heavy atom. The van der Waals surface area contributed by atoms with Gasteiger partial charge in [0.05, 0.1) is 6.20 Å². The maximum absolute atomic E-state index is 9.54. The molecule has 0 fully saturated rings. The molecule has 0 bridgehead atoms. The molecular weight excluding hydrogens is 202 g/mol. The summed E-state index contributed by atoms with van der Waals surface area (Å²) in [5.41, 5.74) is 2.01. The average Bonchev–Trinajstić information content (AvgIpc) is 2.72. The quantitative estimate of drug-likeness (QED) is 0.670. The van der Waals surface area contributed by atoms with Crippen LogP contribution in [-0.4, -0.2) is 19.5 Å². The van der Waals surface area contributed by atoms with Gasteiger partial charge in [0.2, 0.25) is 11.7 Å². The number of fused-ring (bicyclic) bond motifs is 1. The molecule has 0 spiro atoms. The molecule has 0 saturated carbocycles. The minimum Gasteiger partial charge on any atom is -0.493 e. The Balaban J connectivity index is 2.22. The highest BCUT2D eigenvalue weighted by molar-refractivity contribution is 5.62. The lowest BCUT2D eigenvalue weighted by atomic mass is 10.1. The van der Waals surface area contributed by atoms with Crippen molar-refractivity contribution in [1.29, 1.82) is 0 Å². The molecule has 4 nitrogen and oxygen atoms in total. The van der Waals surface area contributed by atoms with E-state index in [2.05, 4.69) is 9.97 Å². The Bertz CT molecular complexity index is 631. The van der Waals surface area contributed by atoms with E-state index >= 15 is 0 Å². The van der Waals surface area contributed by atoms with Gasteiger partial charge in [-0.25, -0.2) is 9.97 Å². The highest BCUT2D eigenvalue weighted by Crippen LogP contribution is 2.20. The molecule has 16 heavy (non-hydrogen) atoms. The average molecular weight is 211 g/mol. The van der Waals surface area contributed by atoms with E-state index in [0.717, 1.165) is 11.1 Å². The third kappa shape index (κ3) is 1.32. The number of benzene rings is 1. The molecule has 0 radical (unpaired) electrons. The van der Waals surface area contributed by atoms with Crippen LogP contribution in [0.2, 0.25) is 0 Å². The van der Waals surface area contributed by atoms with Crippen LogP contribution in [0.5, 0.6) is 5.88 Å². The van der Waals surface area contributed by atoms with Gasteiger partial charge in [-0.3, -0.25) is 4.40 Å². The minimum absolute atomic E-state index is 0.0975. The normalized spacial score (nSPS) is 10.8. The third-order valence-electron chi connectivity index (χ3n) is 2.45. The van der Waals surface area contributed by atoms with E-state index in [1.54, 1.807) is 10.6 Å². The van der Waals surface area contributed by atoms with Gasteiger partial charge >= 0.3 is 0 Å². The van der Waals surface area contributed by atoms with E-state index < -0.39 is 0 Å². The summed E-state index contributed by atoms with van der Waals surface area (Å²) < 4.78 is 1.56. The lowest BCUT2D eigenvalue weighted by Gasteiger charge is -2.01. The molecule has 4 heteroatoms. The smallest absolute Gasteiger partial charge is 0.236 e. The predicted octanol–water partition coefficient (Wildman–Crippen LogP) is 2.10. The second-order valence-electron chi connectivity index (χ2n) is 3.50. The van der Waals surface area contributed by atoms with E-state index in [1.165, 1.54) is 6.20 Å². The van der Waals surface area contributed by atoms with Crippen molar-refractivity contribution < 1.29 is 5.11 Å². The summed E-state index contributed by atoms with van der Waals surface area (Å²) in [5, 5.41) is 9.54. The highest BCUT2D eigenvalue weighted by atomic mass is 16.3. The standard InChI is InChI=1S/C12H9N3O/c16-11-7-14-12-13-6-10(8-15(11)12)9-4-2-1-3-5-9/h1-8,16H. The Kier molecular flexibility index (Phi) is 1.86. The molecule has 2 aromatic heterocycles. The fraction of sp³-hybridized carbons (Fsp3) is 0. The Labute approximate surface area is 91.8 Å². The first-order valence-corrected chi connectivity index (χ1v) is 4.92. The Morgan fingerprint density at radius 2 is 1.69 bits per heavy atom. The van der Waals surface area contributed by atoms with E-state index in [0.29, 0.717) is 5.78 Å². The van der Waals surface area contributed by atoms with Crippen molar-refractivity contribution in [3.05, 3.63) is 48.9 Å². The maximum atomic E-state index is 9.54. The zero-order valence-corrected chi connectivity index (χ0v) is 8.41. The van der Waals surface area contributed by atoms with Gasteiger partial charge in [-0.15, -0.1) is 0 Å². The van der Waals surface area contributed by atoms with Gasteiger partial charge in [0.25, 0.3) is 0 Å². The summed E-state index contributed by atoms with van der Waals surface area (Å²) in [6.07, 6.45) is 4.95. The fourth-order valence-corrected chi connectivity index (χ4v) is 1.64. The van der Waals surface area contributed by atoms with Crippen LogP contribution in [0.15, 0.2) is 48.9 Å². The molecule has 0 unspecified atom stereocenters. The molecule has 0 saturated heterocycles. The first-order chi connectivity index (χ1) is 7.84. The lowest BCUT2D eigenvalue weighted by Crippen LogP contribution is -1.89. The van der Waals surface area contributed by atoms with Gasteiger partial charge < -0.3 is 5.11 Å². The molecule has 3 rings (SSSR count). The van der Waals surface area contributed by atoms with Crippen molar-refractivity contribution in [1.82, 2.24) is 14.4 Å². The molecular formula is C12H9N3O. The molecule has 1 aromatic carbocycles. The molecule has 3 aromatic rings. The summed E-state index contributed by atoms with van der Waals surface area (Å²) in [7, 11) is 0. The fourth-order valence-electron chi connectivity index (χ4n) is 1.64. The monoisotopic (exact) mass is 211 g/mol. The minimum atomic E-state index is 0.0975. The van der Waals surface area contributed by atoms with Gasteiger partial charge in [0.15, 0.2) is 0 Å². The van der Waals surface area contributed by atoms with Gasteiger partial charge in [-0.1, -0.05) is 30.3 Å². The predicted molar refractivity (Wildman–Crippen MR) is 60.1 cm³/mol. The molecule has 0 atom stereocenters. The summed E-state index contributed by atoms with van der Waals surface area (Å²) in [6.45, 7) is 0. The largest absolute Gasteiger partial charge is 0.493 e. The van der Waals surface area contributed by atoms with Crippen molar-refractivity contribution in [2.75, 3.05) is 0 Å². The molecule has 0 aliphatic carbocycles. The molecule has 0 aliphatic heterocycles. The van der Waals surface area contributed by atoms with Crippen molar-refractivity contribution in [3.63, 3.8) is 0 Å². The van der Waals surface area contributed by atoms with E-state index in [-0.39, 0.29) is 5.88 Å². The summed E-state index contributed by atoms with van der Waals surface area (Å²) in [6, 6.07) is 9.89. The van der Waals surface area contributed by atoms with Crippen LogP contribution >= 0.6 is 0 Å². The van der Waals surface area contributed by atoms with Crippen LogP contribution in [-0.2, 0) is 0 Å². The highest BCUT2D eigenvalue weighted by Gasteiger charge is 2.04. The first kappa shape index (κ1) is 8.91. The molecule has 1 N–H and O–H groups in total. The van der Waals surface area contributed by atoms with Gasteiger partial charge in [-0.2, -0.15) is 0 Å². The zero-order valence-electron chi connectivity index (χ0n) is 8.41. The first-order valence-electron chi connectivity index (χ1n) is 4.92. The SMILES string of the molecule is Oc1cnc2ncc(-c3ccccc3)cn12.